The van der Waals surface area contributed by atoms with Crippen LogP contribution in [0.15, 0.2) is 0 Å². The molecule has 6 nitrogen and oxygen atoms in total. The fraction of sp³-hybridized carbons (Fsp3) is 0.846. The standard InChI is InChI=1S/C13H26N2O4/c1-4-18-12(16)14-10-8-6-7-9-11-15(3)13(17)19-5-2/h4-11H2,1-3H3,(H,14,16). The average molecular weight is 274 g/mol. The van der Waals surface area contributed by atoms with Gasteiger partial charge in [-0.3, -0.25) is 0 Å². The van der Waals surface area contributed by atoms with E-state index in [9.17, 15) is 9.59 Å². The van der Waals surface area contributed by atoms with E-state index < -0.39 is 0 Å². The lowest BCUT2D eigenvalue weighted by Crippen LogP contribution is -2.28. The minimum absolute atomic E-state index is 0.272. The Bertz CT molecular complexity index is 259. The van der Waals surface area contributed by atoms with Gasteiger partial charge in [-0.2, -0.15) is 0 Å². The average Bonchev–Trinajstić information content (AvgIpc) is 2.38. The van der Waals surface area contributed by atoms with Gasteiger partial charge in [0.05, 0.1) is 13.2 Å². The van der Waals surface area contributed by atoms with Crippen molar-refractivity contribution in [2.75, 3.05) is 33.4 Å². The third-order valence-corrected chi connectivity index (χ3v) is 2.54. The molecular weight excluding hydrogens is 248 g/mol. The third kappa shape index (κ3) is 10.2. The van der Waals surface area contributed by atoms with Crippen molar-refractivity contribution in [1.82, 2.24) is 10.2 Å². The lowest BCUT2D eigenvalue weighted by atomic mass is 10.2. The molecule has 1 N–H and O–H groups in total. The Morgan fingerprint density at radius 2 is 1.63 bits per heavy atom. The van der Waals surface area contributed by atoms with E-state index in [1.54, 1.807) is 25.8 Å². The van der Waals surface area contributed by atoms with Crippen LogP contribution in [-0.4, -0.2) is 50.4 Å². The van der Waals surface area contributed by atoms with Crippen LogP contribution in [0.4, 0.5) is 9.59 Å². The molecule has 2 amide bonds. The van der Waals surface area contributed by atoms with Crippen molar-refractivity contribution in [1.29, 1.82) is 0 Å². The maximum Gasteiger partial charge on any atom is 0.409 e. The number of rotatable bonds is 9. The number of carbonyl (C=O) groups excluding carboxylic acids is 2. The predicted molar refractivity (Wildman–Crippen MR) is 73.1 cm³/mol. The lowest BCUT2D eigenvalue weighted by molar-refractivity contribution is 0.115. The first-order valence-electron chi connectivity index (χ1n) is 6.90. The molecule has 0 spiro atoms. The summed E-state index contributed by atoms with van der Waals surface area (Å²) in [7, 11) is 1.74. The van der Waals surface area contributed by atoms with Gasteiger partial charge in [0, 0.05) is 20.1 Å². The van der Waals surface area contributed by atoms with Gasteiger partial charge in [-0.25, -0.2) is 9.59 Å². The van der Waals surface area contributed by atoms with E-state index in [2.05, 4.69) is 5.32 Å². The van der Waals surface area contributed by atoms with E-state index in [1.165, 1.54) is 0 Å². The summed E-state index contributed by atoms with van der Waals surface area (Å²) in [6.45, 7) is 5.70. The van der Waals surface area contributed by atoms with Crippen LogP contribution in [0.3, 0.4) is 0 Å². The van der Waals surface area contributed by atoms with E-state index in [0.717, 1.165) is 25.7 Å². The molecule has 19 heavy (non-hydrogen) atoms. The zero-order valence-corrected chi connectivity index (χ0v) is 12.2. The number of ether oxygens (including phenoxy) is 2. The van der Waals surface area contributed by atoms with Crippen molar-refractivity contribution >= 4 is 12.2 Å². The molecule has 0 aliphatic heterocycles. The zero-order chi connectivity index (χ0) is 14.5. The van der Waals surface area contributed by atoms with Crippen LogP contribution in [0.2, 0.25) is 0 Å². The summed E-state index contributed by atoms with van der Waals surface area (Å²) in [4.78, 5) is 23.8. The molecular formula is C13H26N2O4. The van der Waals surface area contributed by atoms with Crippen LogP contribution in [0.1, 0.15) is 39.5 Å². The first-order chi connectivity index (χ1) is 9.11. The molecule has 0 radical (unpaired) electrons. The molecule has 0 saturated carbocycles. The van der Waals surface area contributed by atoms with Crippen LogP contribution in [0.25, 0.3) is 0 Å². The smallest absolute Gasteiger partial charge is 0.409 e. The van der Waals surface area contributed by atoms with Crippen LogP contribution in [-0.2, 0) is 9.47 Å². The Morgan fingerprint density at radius 1 is 1.00 bits per heavy atom. The highest BCUT2D eigenvalue weighted by molar-refractivity contribution is 5.67. The molecule has 0 fully saturated rings. The molecule has 0 saturated heterocycles. The van der Waals surface area contributed by atoms with Crippen LogP contribution in [0.5, 0.6) is 0 Å². The summed E-state index contributed by atoms with van der Waals surface area (Å²) < 4.78 is 9.62. The Hall–Kier alpha value is -1.46. The van der Waals surface area contributed by atoms with Crippen molar-refractivity contribution in [3.05, 3.63) is 0 Å². The minimum Gasteiger partial charge on any atom is -0.450 e. The van der Waals surface area contributed by atoms with E-state index in [0.29, 0.717) is 26.3 Å². The number of nitrogens with zero attached hydrogens (tertiary/aromatic N) is 1. The fourth-order valence-electron chi connectivity index (χ4n) is 1.53. The molecule has 0 aliphatic rings. The number of carbonyl (C=O) groups is 2. The second-order valence-electron chi connectivity index (χ2n) is 4.18. The molecule has 0 aromatic carbocycles. The molecule has 0 bridgehead atoms. The Balaban J connectivity index is 3.35. The fourth-order valence-corrected chi connectivity index (χ4v) is 1.53. The first-order valence-corrected chi connectivity index (χ1v) is 6.90. The van der Waals surface area contributed by atoms with Gasteiger partial charge in [0.25, 0.3) is 0 Å². The number of hydrogen-bond acceptors (Lipinski definition) is 4. The molecule has 0 heterocycles. The molecule has 0 aromatic rings. The topological polar surface area (TPSA) is 67.9 Å². The second-order valence-corrected chi connectivity index (χ2v) is 4.18. The van der Waals surface area contributed by atoms with Gasteiger partial charge in [0.1, 0.15) is 0 Å². The highest BCUT2D eigenvalue weighted by Gasteiger charge is 2.07. The Labute approximate surface area is 115 Å². The zero-order valence-electron chi connectivity index (χ0n) is 12.2. The summed E-state index contributed by atoms with van der Waals surface area (Å²) in [5.41, 5.74) is 0. The summed E-state index contributed by atoms with van der Waals surface area (Å²) in [6, 6.07) is 0. The van der Waals surface area contributed by atoms with Gasteiger partial charge in [0.15, 0.2) is 0 Å². The molecule has 0 rings (SSSR count). The Kier molecular flexibility index (Phi) is 10.7. The molecule has 0 unspecified atom stereocenters. The van der Waals surface area contributed by atoms with Crippen LogP contribution >= 0.6 is 0 Å². The summed E-state index contributed by atoms with van der Waals surface area (Å²) in [5, 5.41) is 2.67. The lowest BCUT2D eigenvalue weighted by Gasteiger charge is -2.15. The quantitative estimate of drug-likeness (QED) is 0.655. The summed E-state index contributed by atoms with van der Waals surface area (Å²) >= 11 is 0. The third-order valence-electron chi connectivity index (χ3n) is 2.54. The minimum atomic E-state index is -0.357. The van der Waals surface area contributed by atoms with E-state index in [-0.39, 0.29) is 12.2 Å². The number of unbranched alkanes of at least 4 members (excludes halogenated alkanes) is 3. The van der Waals surface area contributed by atoms with Crippen LogP contribution in [0, 0.1) is 0 Å². The summed E-state index contributed by atoms with van der Waals surface area (Å²) in [6.07, 6.45) is 3.27. The number of amides is 2. The second kappa shape index (κ2) is 11.6. The van der Waals surface area contributed by atoms with E-state index >= 15 is 0 Å². The summed E-state index contributed by atoms with van der Waals surface area (Å²) in [5.74, 6) is 0. The first kappa shape index (κ1) is 17.5. The predicted octanol–water partition coefficient (Wildman–Crippen LogP) is 2.38. The highest BCUT2D eigenvalue weighted by Crippen LogP contribution is 2.01. The Morgan fingerprint density at radius 3 is 2.26 bits per heavy atom. The monoisotopic (exact) mass is 274 g/mol. The molecule has 6 heteroatoms. The van der Waals surface area contributed by atoms with Crippen molar-refractivity contribution in [3.63, 3.8) is 0 Å². The normalized spacial score (nSPS) is 9.84. The van der Waals surface area contributed by atoms with Crippen molar-refractivity contribution in [2.24, 2.45) is 0 Å². The van der Waals surface area contributed by atoms with Crippen molar-refractivity contribution in [2.45, 2.75) is 39.5 Å². The van der Waals surface area contributed by atoms with E-state index in [4.69, 9.17) is 9.47 Å². The number of alkyl carbamates (subject to hydrolysis) is 1. The number of hydrogen-bond donors (Lipinski definition) is 1. The van der Waals surface area contributed by atoms with Crippen molar-refractivity contribution < 1.29 is 19.1 Å². The van der Waals surface area contributed by atoms with Gasteiger partial charge >= 0.3 is 12.2 Å². The maximum atomic E-state index is 11.3. The van der Waals surface area contributed by atoms with Gasteiger partial charge in [-0.1, -0.05) is 12.8 Å². The molecule has 0 aliphatic carbocycles. The van der Waals surface area contributed by atoms with Crippen molar-refractivity contribution in [3.8, 4) is 0 Å². The largest absolute Gasteiger partial charge is 0.450 e. The van der Waals surface area contributed by atoms with Gasteiger partial charge in [0.2, 0.25) is 0 Å². The maximum absolute atomic E-state index is 11.3. The van der Waals surface area contributed by atoms with Gasteiger partial charge in [-0.15, -0.1) is 0 Å². The highest BCUT2D eigenvalue weighted by atomic mass is 16.6. The number of nitrogens with one attached hydrogen (secondary N) is 1. The van der Waals surface area contributed by atoms with Crippen LogP contribution < -0.4 is 5.32 Å². The van der Waals surface area contributed by atoms with E-state index in [1.807, 2.05) is 0 Å². The molecule has 112 valence electrons. The molecule has 0 atom stereocenters. The van der Waals surface area contributed by atoms with Gasteiger partial charge in [-0.05, 0) is 26.7 Å². The molecule has 0 aromatic heterocycles. The van der Waals surface area contributed by atoms with Gasteiger partial charge < -0.3 is 19.7 Å². The SMILES string of the molecule is CCOC(=O)NCCCCCCN(C)C(=O)OCC.